The Bertz CT molecular complexity index is 288. The fourth-order valence-electron chi connectivity index (χ4n) is 3.36. The van der Waals surface area contributed by atoms with Gasteiger partial charge in [-0.25, -0.2) is 4.79 Å². The zero-order chi connectivity index (χ0) is 13.7. The Morgan fingerprint density at radius 1 is 1.21 bits per heavy atom. The van der Waals surface area contributed by atoms with Gasteiger partial charge in [-0.1, -0.05) is 32.1 Å². The van der Waals surface area contributed by atoms with Gasteiger partial charge in [0.05, 0.1) is 12.1 Å². The topological polar surface area (TPSA) is 69.6 Å². The molecular weight excluding hydrogens is 262 g/mol. The van der Waals surface area contributed by atoms with Crippen LogP contribution in [-0.4, -0.2) is 39.5 Å². The van der Waals surface area contributed by atoms with Gasteiger partial charge in [-0.2, -0.15) is 11.8 Å². The van der Waals surface area contributed by atoms with Crippen molar-refractivity contribution in [2.24, 2.45) is 5.92 Å². The number of aliphatic hydroxyl groups is 1. The molecule has 1 aliphatic heterocycles. The van der Waals surface area contributed by atoms with Crippen molar-refractivity contribution in [2.45, 2.75) is 68.8 Å². The Kier molecular flexibility index (Phi) is 5.82. The second-order valence-electron chi connectivity index (χ2n) is 5.84. The standard InChI is InChI=1S/C14H25NO3S/c16-13(12-7-4-8-19-12)11(15-14(17)18)9-10-5-2-1-3-6-10/h10-13,15-16H,1-9H2,(H,17,18)/t11-,12-,13+/m0/s1. The second kappa shape index (κ2) is 7.39. The van der Waals surface area contributed by atoms with Crippen molar-refractivity contribution < 1.29 is 15.0 Å². The van der Waals surface area contributed by atoms with Crippen LogP contribution >= 0.6 is 11.8 Å². The molecule has 0 aromatic rings. The van der Waals surface area contributed by atoms with E-state index in [-0.39, 0.29) is 11.3 Å². The molecule has 0 aromatic heterocycles. The molecule has 3 N–H and O–H groups in total. The maximum Gasteiger partial charge on any atom is 0.404 e. The van der Waals surface area contributed by atoms with E-state index in [9.17, 15) is 9.90 Å². The van der Waals surface area contributed by atoms with Crippen LogP contribution in [0.5, 0.6) is 0 Å². The number of carboxylic acid groups (broad SMARTS) is 1. The highest BCUT2D eigenvalue weighted by Gasteiger charge is 2.33. The third-order valence-corrected chi connectivity index (χ3v) is 5.85. The van der Waals surface area contributed by atoms with Crippen LogP contribution in [0.25, 0.3) is 0 Å². The van der Waals surface area contributed by atoms with Gasteiger partial charge < -0.3 is 15.5 Å². The molecule has 19 heavy (non-hydrogen) atoms. The molecule has 4 nitrogen and oxygen atoms in total. The van der Waals surface area contributed by atoms with Crippen LogP contribution in [0.15, 0.2) is 0 Å². The van der Waals surface area contributed by atoms with Crippen LogP contribution in [-0.2, 0) is 0 Å². The molecule has 1 aliphatic carbocycles. The summed E-state index contributed by atoms with van der Waals surface area (Å²) in [6.45, 7) is 0. The minimum Gasteiger partial charge on any atom is -0.465 e. The lowest BCUT2D eigenvalue weighted by molar-refractivity contribution is 0.100. The third kappa shape index (κ3) is 4.56. The Balaban J connectivity index is 1.91. The van der Waals surface area contributed by atoms with Crippen LogP contribution in [0.4, 0.5) is 4.79 Å². The van der Waals surface area contributed by atoms with Crippen molar-refractivity contribution in [1.82, 2.24) is 5.32 Å². The van der Waals surface area contributed by atoms with Gasteiger partial charge in [0.2, 0.25) is 0 Å². The van der Waals surface area contributed by atoms with Crippen molar-refractivity contribution >= 4 is 17.9 Å². The minimum atomic E-state index is -1.01. The zero-order valence-electron chi connectivity index (χ0n) is 11.4. The summed E-state index contributed by atoms with van der Waals surface area (Å²) < 4.78 is 0. The Hall–Kier alpha value is -0.420. The highest BCUT2D eigenvalue weighted by atomic mass is 32.2. The molecule has 2 rings (SSSR count). The Labute approximate surface area is 119 Å². The van der Waals surface area contributed by atoms with Gasteiger partial charge in [0, 0.05) is 5.25 Å². The first-order valence-corrected chi connectivity index (χ1v) is 8.51. The highest BCUT2D eigenvalue weighted by Crippen LogP contribution is 2.33. The summed E-state index contributed by atoms with van der Waals surface area (Å²) in [4.78, 5) is 10.9. The first kappa shape index (κ1) is 15.0. The fraction of sp³-hybridized carbons (Fsp3) is 0.929. The lowest BCUT2D eigenvalue weighted by atomic mass is 9.83. The van der Waals surface area contributed by atoms with Crippen molar-refractivity contribution in [3.8, 4) is 0 Å². The monoisotopic (exact) mass is 287 g/mol. The quantitative estimate of drug-likeness (QED) is 0.727. The summed E-state index contributed by atoms with van der Waals surface area (Å²) in [7, 11) is 0. The molecule has 0 radical (unpaired) electrons. The fourth-order valence-corrected chi connectivity index (χ4v) is 4.71. The van der Waals surface area contributed by atoms with Crippen molar-refractivity contribution in [3.05, 3.63) is 0 Å². The van der Waals surface area contributed by atoms with Crippen LogP contribution in [0.3, 0.4) is 0 Å². The van der Waals surface area contributed by atoms with E-state index in [4.69, 9.17) is 5.11 Å². The van der Waals surface area contributed by atoms with Crippen molar-refractivity contribution in [1.29, 1.82) is 0 Å². The summed E-state index contributed by atoms with van der Waals surface area (Å²) in [6.07, 6.45) is 7.55. The molecule has 1 saturated carbocycles. The molecule has 0 aromatic carbocycles. The van der Waals surface area contributed by atoms with Crippen LogP contribution in [0.2, 0.25) is 0 Å². The van der Waals surface area contributed by atoms with Crippen molar-refractivity contribution in [2.75, 3.05) is 5.75 Å². The second-order valence-corrected chi connectivity index (χ2v) is 7.18. The number of hydrogen-bond acceptors (Lipinski definition) is 3. The van der Waals surface area contributed by atoms with Gasteiger partial charge >= 0.3 is 6.09 Å². The van der Waals surface area contributed by atoms with Gasteiger partial charge in [0.25, 0.3) is 0 Å². The molecule has 5 heteroatoms. The highest BCUT2D eigenvalue weighted by molar-refractivity contribution is 8.00. The van der Waals surface area contributed by atoms with Crippen LogP contribution in [0, 0.1) is 5.92 Å². The van der Waals surface area contributed by atoms with E-state index in [0.29, 0.717) is 5.92 Å². The molecule has 2 aliphatic rings. The lowest BCUT2D eigenvalue weighted by Gasteiger charge is -2.31. The smallest absolute Gasteiger partial charge is 0.404 e. The van der Waals surface area contributed by atoms with E-state index in [0.717, 1.165) is 25.0 Å². The summed E-state index contributed by atoms with van der Waals surface area (Å²) in [5.41, 5.74) is 0. The number of carbonyl (C=O) groups is 1. The summed E-state index contributed by atoms with van der Waals surface area (Å²) in [5, 5.41) is 22.2. The maximum absolute atomic E-state index is 10.9. The number of nitrogens with one attached hydrogen (secondary N) is 1. The third-order valence-electron chi connectivity index (χ3n) is 4.38. The van der Waals surface area contributed by atoms with E-state index in [1.165, 1.54) is 32.1 Å². The molecule has 3 atom stereocenters. The van der Waals surface area contributed by atoms with Crippen LogP contribution in [0.1, 0.15) is 51.4 Å². The van der Waals surface area contributed by atoms with E-state index >= 15 is 0 Å². The first-order valence-electron chi connectivity index (χ1n) is 7.46. The molecule has 0 spiro atoms. The molecule has 1 amide bonds. The summed E-state index contributed by atoms with van der Waals surface area (Å²) in [5.74, 6) is 1.66. The predicted molar refractivity (Wildman–Crippen MR) is 77.6 cm³/mol. The first-order chi connectivity index (χ1) is 9.16. The normalized spacial score (nSPS) is 27.9. The van der Waals surface area contributed by atoms with Gasteiger partial charge in [0.1, 0.15) is 0 Å². The van der Waals surface area contributed by atoms with E-state index in [1.54, 1.807) is 11.8 Å². The van der Waals surface area contributed by atoms with Gasteiger partial charge in [-0.3, -0.25) is 0 Å². The number of thioether (sulfide) groups is 1. The molecule has 1 saturated heterocycles. The predicted octanol–water partition coefficient (Wildman–Crippen LogP) is 2.85. The van der Waals surface area contributed by atoms with Crippen molar-refractivity contribution in [3.63, 3.8) is 0 Å². The molecular formula is C14H25NO3S. The minimum absolute atomic E-state index is 0.209. The molecule has 110 valence electrons. The van der Waals surface area contributed by atoms with E-state index < -0.39 is 12.2 Å². The largest absolute Gasteiger partial charge is 0.465 e. The van der Waals surface area contributed by atoms with E-state index in [2.05, 4.69) is 5.32 Å². The number of aliphatic hydroxyl groups excluding tert-OH is 1. The number of amides is 1. The number of rotatable bonds is 5. The molecule has 2 fully saturated rings. The van der Waals surface area contributed by atoms with Gasteiger partial charge in [-0.15, -0.1) is 0 Å². The molecule has 1 heterocycles. The molecule has 0 bridgehead atoms. The van der Waals surface area contributed by atoms with Crippen LogP contribution < -0.4 is 5.32 Å². The Morgan fingerprint density at radius 2 is 1.95 bits per heavy atom. The average Bonchev–Trinajstić information content (AvgIpc) is 2.91. The SMILES string of the molecule is O=C(O)N[C@@H](CC1CCCCC1)[C@@H](O)[C@@H]1CCCS1. The number of hydrogen-bond donors (Lipinski definition) is 3. The summed E-state index contributed by atoms with van der Waals surface area (Å²) >= 11 is 1.78. The van der Waals surface area contributed by atoms with E-state index in [1.807, 2.05) is 0 Å². The summed E-state index contributed by atoms with van der Waals surface area (Å²) in [6, 6.07) is -0.295. The maximum atomic E-state index is 10.9. The van der Waals surface area contributed by atoms with Gasteiger partial charge in [0.15, 0.2) is 0 Å². The molecule has 0 unspecified atom stereocenters. The average molecular weight is 287 g/mol. The Morgan fingerprint density at radius 3 is 2.53 bits per heavy atom. The van der Waals surface area contributed by atoms with Gasteiger partial charge in [-0.05, 0) is 30.9 Å². The lowest BCUT2D eigenvalue weighted by Crippen LogP contribution is -2.47. The zero-order valence-corrected chi connectivity index (χ0v) is 12.2.